The van der Waals surface area contributed by atoms with E-state index in [1.54, 1.807) is 0 Å². The quantitative estimate of drug-likeness (QED) is 0.194. The Morgan fingerprint density at radius 1 is 0.429 bits per heavy atom. The molecule has 1 spiro atoms. The van der Waals surface area contributed by atoms with Gasteiger partial charge in [0, 0.05) is 38.4 Å². The number of rotatable bonds is 4. The Morgan fingerprint density at radius 2 is 1.04 bits per heavy atom. The molecule has 0 unspecified atom stereocenters. The molecule has 8 aromatic rings. The summed E-state index contributed by atoms with van der Waals surface area (Å²) in [6, 6.07) is 51.8. The van der Waals surface area contributed by atoms with Crippen molar-refractivity contribution in [1.82, 2.24) is 9.97 Å². The number of aromatic nitrogens is 2. The Morgan fingerprint density at radius 3 is 1.82 bits per heavy atom. The third kappa shape index (κ3) is 4.42. The summed E-state index contributed by atoms with van der Waals surface area (Å²) in [5, 5.41) is 2.21. The van der Waals surface area contributed by atoms with Gasteiger partial charge in [0.25, 0.3) is 0 Å². The first-order valence-electron chi connectivity index (χ1n) is 17.5. The van der Waals surface area contributed by atoms with Crippen LogP contribution in [0.15, 0.2) is 150 Å². The van der Waals surface area contributed by atoms with Gasteiger partial charge in [-0.2, -0.15) is 0 Å². The van der Waals surface area contributed by atoms with Gasteiger partial charge in [-0.1, -0.05) is 147 Å². The minimum atomic E-state index is 0.106. The summed E-state index contributed by atoms with van der Waals surface area (Å²) < 4.78 is 6.97. The van der Waals surface area contributed by atoms with Crippen LogP contribution in [0.1, 0.15) is 43.2 Å². The molecule has 234 valence electrons. The van der Waals surface area contributed by atoms with Crippen LogP contribution >= 0.6 is 0 Å². The molecule has 0 radical (unpaired) electrons. The zero-order valence-electron chi connectivity index (χ0n) is 27.2. The molecule has 49 heavy (non-hydrogen) atoms. The summed E-state index contributed by atoms with van der Waals surface area (Å²) in [6.07, 6.45) is 6.31. The van der Waals surface area contributed by atoms with Crippen molar-refractivity contribution in [3.63, 3.8) is 0 Å². The predicted molar refractivity (Wildman–Crippen MR) is 200 cm³/mol. The monoisotopic (exact) mass is 630 g/mol. The van der Waals surface area contributed by atoms with Crippen LogP contribution in [-0.2, 0) is 5.41 Å². The number of fused-ring (bicyclic) bond motifs is 8. The fraction of sp³-hybridized carbons (Fsp3) is 0.130. The average molecular weight is 631 g/mol. The van der Waals surface area contributed by atoms with Crippen molar-refractivity contribution in [2.45, 2.75) is 37.5 Å². The molecule has 10 rings (SSSR count). The van der Waals surface area contributed by atoms with E-state index < -0.39 is 0 Å². The first kappa shape index (κ1) is 28.2. The molecule has 0 saturated heterocycles. The largest absolute Gasteiger partial charge is 0.455 e. The van der Waals surface area contributed by atoms with Crippen molar-refractivity contribution in [3.8, 4) is 56.2 Å². The Bertz CT molecular complexity index is 2470. The van der Waals surface area contributed by atoms with Crippen molar-refractivity contribution in [3.05, 3.63) is 157 Å². The molecule has 0 aliphatic heterocycles. The highest BCUT2D eigenvalue weighted by atomic mass is 16.3. The molecule has 1 fully saturated rings. The van der Waals surface area contributed by atoms with E-state index in [1.807, 2.05) is 24.3 Å². The third-order valence-electron chi connectivity index (χ3n) is 10.9. The number of para-hydroxylation sites is 2. The molecule has 0 N–H and O–H groups in total. The summed E-state index contributed by atoms with van der Waals surface area (Å²) in [4.78, 5) is 10.2. The summed E-state index contributed by atoms with van der Waals surface area (Å²) in [7, 11) is 0. The average Bonchev–Trinajstić information content (AvgIpc) is 3.69. The Kier molecular flexibility index (Phi) is 6.42. The zero-order chi connectivity index (χ0) is 32.4. The van der Waals surface area contributed by atoms with Crippen molar-refractivity contribution >= 4 is 21.9 Å². The van der Waals surface area contributed by atoms with Gasteiger partial charge in [0.1, 0.15) is 11.2 Å². The van der Waals surface area contributed by atoms with E-state index in [1.165, 1.54) is 59.9 Å². The lowest BCUT2D eigenvalue weighted by Gasteiger charge is -2.36. The molecular formula is C46H34N2O. The van der Waals surface area contributed by atoms with Crippen molar-refractivity contribution in [1.29, 1.82) is 0 Å². The van der Waals surface area contributed by atoms with Crippen LogP contribution in [0.5, 0.6) is 0 Å². The molecular weight excluding hydrogens is 597 g/mol. The number of furan rings is 1. The van der Waals surface area contributed by atoms with Crippen LogP contribution in [0.25, 0.3) is 78.1 Å². The van der Waals surface area contributed by atoms with E-state index >= 15 is 0 Å². The maximum Gasteiger partial charge on any atom is 0.160 e. The minimum absolute atomic E-state index is 0.106. The first-order chi connectivity index (χ1) is 24.3. The van der Waals surface area contributed by atoms with Gasteiger partial charge in [0.05, 0.1) is 11.4 Å². The molecule has 3 nitrogen and oxygen atoms in total. The van der Waals surface area contributed by atoms with Gasteiger partial charge < -0.3 is 4.42 Å². The summed E-state index contributed by atoms with van der Waals surface area (Å²) in [6.45, 7) is 0. The van der Waals surface area contributed by atoms with Crippen LogP contribution < -0.4 is 0 Å². The van der Waals surface area contributed by atoms with Gasteiger partial charge in [-0.3, -0.25) is 0 Å². The van der Waals surface area contributed by atoms with Gasteiger partial charge >= 0.3 is 0 Å². The van der Waals surface area contributed by atoms with Crippen molar-refractivity contribution in [2.75, 3.05) is 0 Å². The highest BCUT2D eigenvalue weighted by Crippen LogP contribution is 2.56. The van der Waals surface area contributed by atoms with Crippen LogP contribution in [0.2, 0.25) is 0 Å². The number of hydrogen-bond acceptors (Lipinski definition) is 3. The Hall–Kier alpha value is -5.80. The van der Waals surface area contributed by atoms with E-state index in [0.717, 1.165) is 55.6 Å². The van der Waals surface area contributed by atoms with Crippen LogP contribution in [0, 0.1) is 0 Å². The SMILES string of the molecule is c1ccc(-c2cc(-c3cccc4c3oc3c(-c5ccc6c(c5)C5(CCCCC5)c5ccccc5-6)cccc34)nc(-c3ccccc3)n2)cc1. The summed E-state index contributed by atoms with van der Waals surface area (Å²) >= 11 is 0. The van der Waals surface area contributed by atoms with Crippen molar-refractivity contribution in [2.24, 2.45) is 0 Å². The summed E-state index contributed by atoms with van der Waals surface area (Å²) in [5.41, 5.74) is 14.7. The van der Waals surface area contributed by atoms with Gasteiger partial charge in [0.15, 0.2) is 5.82 Å². The second kappa shape index (κ2) is 11.1. The van der Waals surface area contributed by atoms with Gasteiger partial charge in [-0.25, -0.2) is 9.97 Å². The predicted octanol–water partition coefficient (Wildman–Crippen LogP) is 12.3. The Labute approximate surface area is 285 Å². The zero-order valence-corrected chi connectivity index (χ0v) is 27.2. The molecule has 1 saturated carbocycles. The molecule has 2 aliphatic carbocycles. The van der Waals surface area contributed by atoms with E-state index in [4.69, 9.17) is 14.4 Å². The second-order valence-corrected chi connectivity index (χ2v) is 13.6. The Balaban J connectivity index is 1.15. The number of hydrogen-bond donors (Lipinski definition) is 0. The molecule has 0 atom stereocenters. The highest BCUT2D eigenvalue weighted by molar-refractivity contribution is 6.13. The van der Waals surface area contributed by atoms with E-state index in [-0.39, 0.29) is 5.41 Å². The fourth-order valence-electron chi connectivity index (χ4n) is 8.62. The minimum Gasteiger partial charge on any atom is -0.455 e. The summed E-state index contributed by atoms with van der Waals surface area (Å²) in [5.74, 6) is 0.696. The van der Waals surface area contributed by atoms with Crippen LogP contribution in [0.3, 0.4) is 0 Å². The molecule has 2 aliphatic rings. The van der Waals surface area contributed by atoms with E-state index in [0.29, 0.717) is 5.82 Å². The third-order valence-corrected chi connectivity index (χ3v) is 10.9. The van der Waals surface area contributed by atoms with E-state index in [2.05, 4.69) is 121 Å². The number of nitrogens with zero attached hydrogens (tertiary/aromatic N) is 2. The molecule has 3 heteroatoms. The van der Waals surface area contributed by atoms with Crippen molar-refractivity contribution < 1.29 is 4.42 Å². The van der Waals surface area contributed by atoms with Crippen LogP contribution in [-0.4, -0.2) is 9.97 Å². The topological polar surface area (TPSA) is 38.9 Å². The lowest BCUT2D eigenvalue weighted by Crippen LogP contribution is -2.28. The standard InChI is InChI=1S/C46H34N2O/c1-4-14-30(15-5-1)41-29-42(48-45(47-41)31-16-6-2-7-17-31)38-22-13-21-37-36-20-12-19-33(43(36)49-44(37)38)32-24-25-35-34-18-8-9-23-39(34)46(40(35)28-32)26-10-3-11-27-46/h1-2,4-9,12-25,28-29H,3,10-11,26-27H2. The van der Waals surface area contributed by atoms with Gasteiger partial charge in [-0.05, 0) is 58.9 Å². The van der Waals surface area contributed by atoms with Gasteiger partial charge in [0.2, 0.25) is 0 Å². The normalized spacial score (nSPS) is 14.7. The lowest BCUT2D eigenvalue weighted by molar-refractivity contribution is 0.353. The molecule has 2 heterocycles. The molecule has 0 amide bonds. The van der Waals surface area contributed by atoms with Crippen LogP contribution in [0.4, 0.5) is 0 Å². The maximum absolute atomic E-state index is 6.97. The molecule has 6 aromatic carbocycles. The van der Waals surface area contributed by atoms with E-state index in [9.17, 15) is 0 Å². The molecule has 2 aromatic heterocycles. The van der Waals surface area contributed by atoms with Gasteiger partial charge in [-0.15, -0.1) is 0 Å². The maximum atomic E-state index is 6.97. The number of benzene rings is 6. The molecule has 0 bridgehead atoms. The lowest BCUT2D eigenvalue weighted by atomic mass is 9.67. The first-order valence-corrected chi connectivity index (χ1v) is 17.5. The smallest absolute Gasteiger partial charge is 0.160 e. The second-order valence-electron chi connectivity index (χ2n) is 13.6. The highest BCUT2D eigenvalue weighted by Gasteiger charge is 2.43. The fourth-order valence-corrected chi connectivity index (χ4v) is 8.62.